The van der Waals surface area contributed by atoms with Gasteiger partial charge in [0.2, 0.25) is 5.91 Å². The first-order valence-corrected chi connectivity index (χ1v) is 7.82. The van der Waals surface area contributed by atoms with Crippen LogP contribution in [0.15, 0.2) is 12.4 Å². The molecule has 124 valence electrons. The van der Waals surface area contributed by atoms with Gasteiger partial charge in [-0.1, -0.05) is 0 Å². The van der Waals surface area contributed by atoms with Crippen molar-refractivity contribution in [1.29, 1.82) is 0 Å². The largest absolute Gasteiger partial charge is 0.376 e. The molecule has 2 aliphatic rings. The van der Waals surface area contributed by atoms with Crippen LogP contribution in [0, 0.1) is 5.41 Å². The second kappa shape index (κ2) is 7.94. The maximum absolute atomic E-state index is 11.9. The molecule has 0 aliphatic carbocycles. The summed E-state index contributed by atoms with van der Waals surface area (Å²) in [4.78, 5) is 11.9. The second-order valence-corrected chi connectivity index (χ2v) is 6.30. The van der Waals surface area contributed by atoms with E-state index in [1.165, 1.54) is 12.8 Å². The molecule has 0 saturated carbocycles. The van der Waals surface area contributed by atoms with Crippen LogP contribution >= 0.6 is 12.4 Å². The number of nitrogens with one attached hydrogen (secondary N) is 3. The van der Waals surface area contributed by atoms with E-state index in [-0.39, 0.29) is 24.4 Å². The minimum absolute atomic E-state index is 0. The zero-order chi connectivity index (χ0) is 14.5. The molecule has 3 heterocycles. The van der Waals surface area contributed by atoms with Crippen LogP contribution in [0.25, 0.3) is 0 Å². The first-order valence-electron chi connectivity index (χ1n) is 7.82. The van der Waals surface area contributed by atoms with Gasteiger partial charge >= 0.3 is 0 Å². The highest BCUT2D eigenvalue weighted by molar-refractivity contribution is 5.85. The van der Waals surface area contributed by atoms with E-state index < -0.39 is 0 Å². The molecule has 1 amide bonds. The van der Waals surface area contributed by atoms with Crippen LogP contribution in [0.1, 0.15) is 31.2 Å². The van der Waals surface area contributed by atoms with Crippen molar-refractivity contribution in [3.63, 3.8) is 0 Å². The minimum Gasteiger partial charge on any atom is -0.376 e. The van der Waals surface area contributed by atoms with E-state index in [9.17, 15) is 4.79 Å². The number of H-pyrrole nitrogens is 1. The maximum Gasteiger partial charge on any atom is 0.220 e. The molecule has 1 atom stereocenters. The van der Waals surface area contributed by atoms with Gasteiger partial charge in [-0.15, -0.1) is 12.4 Å². The zero-order valence-electron chi connectivity index (χ0n) is 12.8. The number of ether oxygens (including phenoxy) is 1. The topological polar surface area (TPSA) is 79.0 Å². The Hall–Kier alpha value is -1.11. The summed E-state index contributed by atoms with van der Waals surface area (Å²) in [5, 5.41) is 13.0. The van der Waals surface area contributed by atoms with Crippen molar-refractivity contribution < 1.29 is 9.53 Å². The molecule has 7 heteroatoms. The molecule has 1 aromatic rings. The van der Waals surface area contributed by atoms with E-state index >= 15 is 0 Å². The summed E-state index contributed by atoms with van der Waals surface area (Å²) in [6.07, 6.45) is 8.46. The summed E-state index contributed by atoms with van der Waals surface area (Å²) in [6.45, 7) is 3.67. The second-order valence-electron chi connectivity index (χ2n) is 6.30. The van der Waals surface area contributed by atoms with Crippen molar-refractivity contribution in [3.8, 4) is 0 Å². The van der Waals surface area contributed by atoms with E-state index in [0.717, 1.165) is 38.1 Å². The summed E-state index contributed by atoms with van der Waals surface area (Å²) in [5.41, 5.74) is 1.42. The van der Waals surface area contributed by atoms with E-state index in [1.807, 2.05) is 6.20 Å². The fourth-order valence-electron chi connectivity index (χ4n) is 3.32. The number of halogens is 1. The highest BCUT2D eigenvalue weighted by Gasteiger charge is 2.40. The van der Waals surface area contributed by atoms with Crippen LogP contribution < -0.4 is 10.6 Å². The molecule has 0 radical (unpaired) electrons. The number of carbonyl (C=O) groups excluding carboxylic acids is 1. The normalized spacial score (nSPS) is 23.2. The highest BCUT2D eigenvalue weighted by atomic mass is 35.5. The number of nitrogens with zero attached hydrogens (tertiary/aromatic N) is 1. The fraction of sp³-hybridized carbons (Fsp3) is 0.733. The Balaban J connectivity index is 0.00000176. The van der Waals surface area contributed by atoms with Crippen molar-refractivity contribution in [2.24, 2.45) is 5.41 Å². The number of piperidine rings is 1. The van der Waals surface area contributed by atoms with Gasteiger partial charge in [-0.25, -0.2) is 0 Å². The number of rotatable bonds is 5. The monoisotopic (exact) mass is 328 g/mol. The van der Waals surface area contributed by atoms with Gasteiger partial charge in [-0.05, 0) is 49.8 Å². The third-order valence-corrected chi connectivity index (χ3v) is 4.67. The van der Waals surface area contributed by atoms with E-state index in [4.69, 9.17) is 4.74 Å². The van der Waals surface area contributed by atoms with Gasteiger partial charge in [0.15, 0.2) is 0 Å². The van der Waals surface area contributed by atoms with Gasteiger partial charge in [-0.3, -0.25) is 9.89 Å². The summed E-state index contributed by atoms with van der Waals surface area (Å²) in [6, 6.07) is 0. The van der Waals surface area contributed by atoms with Gasteiger partial charge < -0.3 is 15.4 Å². The number of aryl methyl sites for hydroxylation is 1. The van der Waals surface area contributed by atoms with E-state index in [2.05, 4.69) is 20.8 Å². The summed E-state index contributed by atoms with van der Waals surface area (Å²) >= 11 is 0. The third-order valence-electron chi connectivity index (χ3n) is 4.67. The Labute approximate surface area is 137 Å². The molecule has 3 rings (SSSR count). The molecule has 2 saturated heterocycles. The Morgan fingerprint density at radius 1 is 1.45 bits per heavy atom. The van der Waals surface area contributed by atoms with Crippen LogP contribution in [0.2, 0.25) is 0 Å². The first kappa shape index (κ1) is 17.2. The van der Waals surface area contributed by atoms with Crippen LogP contribution in [-0.2, 0) is 16.0 Å². The molecule has 2 fully saturated rings. The van der Waals surface area contributed by atoms with Gasteiger partial charge in [0, 0.05) is 19.2 Å². The van der Waals surface area contributed by atoms with E-state index in [0.29, 0.717) is 18.4 Å². The Kier molecular flexibility index (Phi) is 6.23. The average molecular weight is 329 g/mol. The molecule has 0 bridgehead atoms. The standard InChI is InChI=1S/C15H24N4O2.ClH/c20-14(2-1-12-8-18-19-9-12)17-10-13-7-15(11-21-13)3-5-16-6-4-15;/h8-9,13,16H,1-7,10-11H2,(H,17,20)(H,18,19);1H. The number of amides is 1. The van der Waals surface area contributed by atoms with Crippen molar-refractivity contribution in [2.45, 2.75) is 38.2 Å². The van der Waals surface area contributed by atoms with Crippen LogP contribution in [0.5, 0.6) is 0 Å². The van der Waals surface area contributed by atoms with Crippen molar-refractivity contribution in [3.05, 3.63) is 18.0 Å². The molecular formula is C15H25ClN4O2. The predicted octanol–water partition coefficient (Wildman–Crippen LogP) is 1.04. The zero-order valence-corrected chi connectivity index (χ0v) is 13.6. The lowest BCUT2D eigenvalue weighted by atomic mass is 9.77. The molecule has 1 aromatic heterocycles. The SMILES string of the molecule is Cl.O=C(CCc1cn[nH]c1)NCC1CC2(CCNCC2)CO1. The molecule has 3 N–H and O–H groups in total. The van der Waals surface area contributed by atoms with Crippen LogP contribution in [-0.4, -0.2) is 48.4 Å². The number of carbonyl (C=O) groups is 1. The van der Waals surface area contributed by atoms with Crippen LogP contribution in [0.3, 0.4) is 0 Å². The van der Waals surface area contributed by atoms with Gasteiger partial charge in [0.1, 0.15) is 0 Å². The molecule has 1 spiro atoms. The Morgan fingerprint density at radius 2 is 2.27 bits per heavy atom. The lowest BCUT2D eigenvalue weighted by Crippen LogP contribution is -2.38. The van der Waals surface area contributed by atoms with Crippen molar-refractivity contribution in [2.75, 3.05) is 26.2 Å². The maximum atomic E-state index is 11.9. The Morgan fingerprint density at radius 3 is 3.00 bits per heavy atom. The fourth-order valence-corrected chi connectivity index (χ4v) is 3.32. The number of aromatic amines is 1. The summed E-state index contributed by atoms with van der Waals surface area (Å²) in [7, 11) is 0. The first-order chi connectivity index (χ1) is 10.3. The highest BCUT2D eigenvalue weighted by Crippen LogP contribution is 2.40. The molecule has 1 unspecified atom stereocenters. The Bertz CT molecular complexity index is 460. The van der Waals surface area contributed by atoms with Gasteiger partial charge in [0.25, 0.3) is 0 Å². The molecule has 2 aliphatic heterocycles. The smallest absolute Gasteiger partial charge is 0.220 e. The van der Waals surface area contributed by atoms with E-state index in [1.54, 1.807) is 6.20 Å². The number of hydrogen-bond acceptors (Lipinski definition) is 4. The van der Waals surface area contributed by atoms with Crippen molar-refractivity contribution >= 4 is 18.3 Å². The number of hydrogen-bond donors (Lipinski definition) is 3. The minimum atomic E-state index is 0. The lowest BCUT2D eigenvalue weighted by molar-refractivity contribution is -0.121. The molecule has 6 nitrogen and oxygen atoms in total. The molecular weight excluding hydrogens is 304 g/mol. The van der Waals surface area contributed by atoms with Crippen molar-refractivity contribution in [1.82, 2.24) is 20.8 Å². The molecule has 0 aromatic carbocycles. The quantitative estimate of drug-likeness (QED) is 0.754. The van der Waals surface area contributed by atoms with Gasteiger partial charge in [0.05, 0.1) is 18.9 Å². The molecule has 22 heavy (non-hydrogen) atoms. The van der Waals surface area contributed by atoms with Gasteiger partial charge in [-0.2, -0.15) is 5.10 Å². The number of aromatic nitrogens is 2. The third kappa shape index (κ3) is 4.44. The summed E-state index contributed by atoms with van der Waals surface area (Å²) in [5.74, 6) is 0.0889. The summed E-state index contributed by atoms with van der Waals surface area (Å²) < 4.78 is 5.89. The average Bonchev–Trinajstić information content (AvgIpc) is 3.14. The predicted molar refractivity (Wildman–Crippen MR) is 86.1 cm³/mol. The lowest BCUT2D eigenvalue weighted by Gasteiger charge is -2.32. The van der Waals surface area contributed by atoms with Crippen LogP contribution in [0.4, 0.5) is 0 Å².